The summed E-state index contributed by atoms with van der Waals surface area (Å²) in [7, 11) is 0. The van der Waals surface area contributed by atoms with Gasteiger partial charge in [-0.05, 0) is 18.2 Å². The van der Waals surface area contributed by atoms with E-state index in [2.05, 4.69) is 10.5 Å². The van der Waals surface area contributed by atoms with Crippen molar-refractivity contribution in [2.24, 2.45) is 0 Å². The summed E-state index contributed by atoms with van der Waals surface area (Å²) >= 11 is 0. The van der Waals surface area contributed by atoms with Crippen LogP contribution in [0.25, 0.3) is 11.3 Å². The predicted octanol–water partition coefficient (Wildman–Crippen LogP) is 3.47. The summed E-state index contributed by atoms with van der Waals surface area (Å²) in [6.07, 6.45) is 0. The van der Waals surface area contributed by atoms with E-state index >= 15 is 0 Å². The Morgan fingerprint density at radius 2 is 1.91 bits per heavy atom. The molecule has 0 fully saturated rings. The number of hydrogen-bond acceptors (Lipinski definition) is 4. The molecule has 0 aliphatic heterocycles. The minimum Gasteiger partial charge on any atom is -0.355 e. The molecule has 0 radical (unpaired) electrons. The Labute approximate surface area is 126 Å². The van der Waals surface area contributed by atoms with Crippen molar-refractivity contribution in [3.63, 3.8) is 0 Å². The van der Waals surface area contributed by atoms with E-state index in [0.29, 0.717) is 17.0 Å². The summed E-state index contributed by atoms with van der Waals surface area (Å²) in [6.45, 7) is 0. The van der Waals surface area contributed by atoms with Crippen LogP contribution in [0.1, 0.15) is 16.1 Å². The second-order valence-corrected chi connectivity index (χ2v) is 4.59. The number of carbonyl (C=O) groups is 1. The van der Waals surface area contributed by atoms with Gasteiger partial charge >= 0.3 is 0 Å². The van der Waals surface area contributed by atoms with Gasteiger partial charge in [-0.15, -0.1) is 0 Å². The topological polar surface area (TPSA) is 78.9 Å². The van der Waals surface area contributed by atoms with Crippen LogP contribution in [0.5, 0.6) is 0 Å². The summed E-state index contributed by atoms with van der Waals surface area (Å²) in [5, 5.41) is 15.3. The van der Waals surface area contributed by atoms with Crippen LogP contribution in [0, 0.1) is 11.3 Å². The Hall–Kier alpha value is -3.39. The molecule has 0 aliphatic carbocycles. The van der Waals surface area contributed by atoms with Gasteiger partial charge in [-0.1, -0.05) is 41.6 Å². The van der Waals surface area contributed by atoms with Crippen LogP contribution in [0.2, 0.25) is 0 Å². The van der Waals surface area contributed by atoms with Crippen molar-refractivity contribution in [2.75, 3.05) is 5.32 Å². The lowest BCUT2D eigenvalue weighted by Crippen LogP contribution is -2.12. The number of amides is 1. The third-order valence-corrected chi connectivity index (χ3v) is 3.05. The molecule has 0 spiro atoms. The molecule has 1 N–H and O–H groups in total. The fourth-order valence-electron chi connectivity index (χ4n) is 1.98. The molecule has 0 atom stereocenters. The second-order valence-electron chi connectivity index (χ2n) is 4.59. The zero-order chi connectivity index (χ0) is 15.4. The van der Waals surface area contributed by atoms with Gasteiger partial charge in [0.05, 0.1) is 11.6 Å². The van der Waals surface area contributed by atoms with Crippen LogP contribution in [0.4, 0.5) is 5.69 Å². The van der Waals surface area contributed by atoms with Crippen molar-refractivity contribution >= 4 is 11.6 Å². The fourth-order valence-corrected chi connectivity index (χ4v) is 1.98. The van der Waals surface area contributed by atoms with E-state index in [0.717, 1.165) is 5.56 Å². The van der Waals surface area contributed by atoms with Crippen LogP contribution >= 0.6 is 0 Å². The molecule has 1 amide bonds. The first-order chi connectivity index (χ1) is 10.8. The van der Waals surface area contributed by atoms with E-state index in [-0.39, 0.29) is 11.6 Å². The first-order valence-corrected chi connectivity index (χ1v) is 6.60. The minimum atomic E-state index is -0.388. The maximum absolute atomic E-state index is 12.1. The molecule has 0 saturated carbocycles. The third kappa shape index (κ3) is 2.86. The molecule has 3 rings (SSSR count). The van der Waals surface area contributed by atoms with E-state index in [9.17, 15) is 4.79 Å². The van der Waals surface area contributed by atoms with Crippen molar-refractivity contribution in [1.29, 1.82) is 5.26 Å². The number of benzene rings is 2. The highest BCUT2D eigenvalue weighted by Gasteiger charge is 2.13. The lowest BCUT2D eigenvalue weighted by Gasteiger charge is -2.02. The summed E-state index contributed by atoms with van der Waals surface area (Å²) in [6, 6.07) is 19.7. The van der Waals surface area contributed by atoms with Gasteiger partial charge in [0.15, 0.2) is 11.5 Å². The molecule has 5 heteroatoms. The number of nitrogens with zero attached hydrogens (tertiary/aromatic N) is 2. The first kappa shape index (κ1) is 13.6. The van der Waals surface area contributed by atoms with Gasteiger partial charge in [-0.3, -0.25) is 4.79 Å². The molecular formula is C17H11N3O2. The van der Waals surface area contributed by atoms with Crippen molar-refractivity contribution in [1.82, 2.24) is 5.16 Å². The number of carbonyl (C=O) groups excluding carboxylic acids is 1. The highest BCUT2D eigenvalue weighted by Crippen LogP contribution is 2.20. The Kier molecular flexibility index (Phi) is 3.67. The molecule has 3 aromatic rings. The highest BCUT2D eigenvalue weighted by atomic mass is 16.5. The van der Waals surface area contributed by atoms with E-state index in [1.807, 2.05) is 36.4 Å². The van der Waals surface area contributed by atoms with Crippen molar-refractivity contribution in [3.8, 4) is 17.4 Å². The lowest BCUT2D eigenvalue weighted by atomic mass is 10.1. The van der Waals surface area contributed by atoms with Crippen LogP contribution in [0.3, 0.4) is 0 Å². The average molecular weight is 289 g/mol. The van der Waals surface area contributed by atoms with Gasteiger partial charge in [-0.2, -0.15) is 5.26 Å². The quantitative estimate of drug-likeness (QED) is 0.800. The molecule has 1 aromatic heterocycles. The van der Waals surface area contributed by atoms with Crippen LogP contribution in [-0.4, -0.2) is 11.1 Å². The molecule has 0 bridgehead atoms. The van der Waals surface area contributed by atoms with Gasteiger partial charge in [-0.25, -0.2) is 0 Å². The maximum atomic E-state index is 12.1. The third-order valence-electron chi connectivity index (χ3n) is 3.05. The standard InChI is InChI=1S/C17H11N3O2/c18-11-12-5-4-8-14(9-12)19-17(21)15-10-16(22-20-15)13-6-2-1-3-7-13/h1-10H,(H,19,21). The molecule has 5 nitrogen and oxygen atoms in total. The number of rotatable bonds is 3. The smallest absolute Gasteiger partial charge is 0.277 e. The summed E-state index contributed by atoms with van der Waals surface area (Å²) in [5.74, 6) is 0.137. The molecule has 2 aromatic carbocycles. The van der Waals surface area contributed by atoms with E-state index in [1.165, 1.54) is 0 Å². The predicted molar refractivity (Wildman–Crippen MR) is 81.0 cm³/mol. The second kappa shape index (κ2) is 5.94. The van der Waals surface area contributed by atoms with E-state index in [1.54, 1.807) is 30.3 Å². The number of nitrogens with one attached hydrogen (secondary N) is 1. The molecule has 0 unspecified atom stereocenters. The summed E-state index contributed by atoms with van der Waals surface area (Å²) in [4.78, 5) is 12.1. The number of aromatic nitrogens is 1. The molecule has 22 heavy (non-hydrogen) atoms. The van der Waals surface area contributed by atoms with Crippen molar-refractivity contribution in [2.45, 2.75) is 0 Å². The summed E-state index contributed by atoms with van der Waals surface area (Å²) < 4.78 is 5.19. The maximum Gasteiger partial charge on any atom is 0.277 e. The lowest BCUT2D eigenvalue weighted by molar-refractivity contribution is 0.101. The Bertz CT molecular complexity index is 848. The zero-order valence-electron chi connectivity index (χ0n) is 11.5. The van der Waals surface area contributed by atoms with Crippen LogP contribution < -0.4 is 5.32 Å². The van der Waals surface area contributed by atoms with Crippen molar-refractivity contribution < 1.29 is 9.32 Å². The number of hydrogen-bond donors (Lipinski definition) is 1. The van der Waals surface area contributed by atoms with Crippen molar-refractivity contribution in [3.05, 3.63) is 71.9 Å². The Morgan fingerprint density at radius 3 is 2.68 bits per heavy atom. The van der Waals surface area contributed by atoms with Gasteiger partial charge in [0.25, 0.3) is 5.91 Å². The van der Waals surface area contributed by atoms with Gasteiger partial charge in [0.2, 0.25) is 0 Å². The Morgan fingerprint density at radius 1 is 1.09 bits per heavy atom. The van der Waals surface area contributed by atoms with Gasteiger partial charge < -0.3 is 9.84 Å². The first-order valence-electron chi connectivity index (χ1n) is 6.60. The highest BCUT2D eigenvalue weighted by molar-refractivity contribution is 6.03. The number of anilines is 1. The van der Waals surface area contributed by atoms with Crippen LogP contribution in [-0.2, 0) is 0 Å². The molecule has 0 aliphatic rings. The monoisotopic (exact) mass is 289 g/mol. The van der Waals surface area contributed by atoms with Crippen LogP contribution in [0.15, 0.2) is 65.2 Å². The SMILES string of the molecule is N#Cc1cccc(NC(=O)c2cc(-c3ccccc3)on2)c1. The van der Waals surface area contributed by atoms with Gasteiger partial charge in [0.1, 0.15) is 0 Å². The fraction of sp³-hybridized carbons (Fsp3) is 0. The largest absolute Gasteiger partial charge is 0.355 e. The van der Waals surface area contributed by atoms with Gasteiger partial charge in [0, 0.05) is 17.3 Å². The number of nitriles is 1. The normalized spacial score (nSPS) is 9.95. The molecular weight excluding hydrogens is 278 g/mol. The average Bonchev–Trinajstić information content (AvgIpc) is 3.06. The molecule has 106 valence electrons. The summed E-state index contributed by atoms with van der Waals surface area (Å²) in [5.41, 5.74) is 2.04. The zero-order valence-corrected chi connectivity index (χ0v) is 11.5. The minimum absolute atomic E-state index is 0.182. The van der Waals surface area contributed by atoms with E-state index < -0.39 is 0 Å². The Balaban J connectivity index is 1.79. The molecule has 0 saturated heterocycles. The molecule has 1 heterocycles. The van der Waals surface area contributed by atoms with E-state index in [4.69, 9.17) is 9.78 Å².